The minimum Gasteiger partial charge on any atom is -0.357 e. The van der Waals surface area contributed by atoms with Crippen molar-refractivity contribution in [2.24, 2.45) is 5.41 Å². The minimum atomic E-state index is -0.358. The van der Waals surface area contributed by atoms with Crippen LogP contribution < -0.4 is 5.32 Å². The normalized spacial score (nSPS) is 17.3. The molecule has 1 aliphatic rings. The molecular weight excluding hydrogens is 394 g/mol. The zero-order valence-electron chi connectivity index (χ0n) is 15.8. The van der Waals surface area contributed by atoms with Crippen LogP contribution in [0.25, 0.3) is 10.9 Å². The average molecular weight is 420 g/mol. The Labute approximate surface area is 163 Å². The second kappa shape index (κ2) is 7.48. The Hall–Kier alpha value is -1.73. The number of halogens is 1. The van der Waals surface area contributed by atoms with Crippen molar-refractivity contribution in [3.05, 3.63) is 29.0 Å². The zero-order chi connectivity index (χ0) is 18.9. The van der Waals surface area contributed by atoms with Crippen LogP contribution in [0.15, 0.2) is 29.0 Å². The van der Waals surface area contributed by atoms with Gasteiger partial charge in [-0.05, 0) is 30.7 Å². The lowest BCUT2D eigenvalue weighted by molar-refractivity contribution is -0.135. The molecule has 2 heterocycles. The van der Waals surface area contributed by atoms with Crippen LogP contribution in [0, 0.1) is 5.41 Å². The fourth-order valence-electron chi connectivity index (χ4n) is 3.14. The zero-order valence-corrected chi connectivity index (χ0v) is 17.4. The fourth-order valence-corrected chi connectivity index (χ4v) is 3.50. The first-order chi connectivity index (χ1) is 12.3. The van der Waals surface area contributed by atoms with Gasteiger partial charge in [-0.15, -0.1) is 0 Å². The second-order valence-electron chi connectivity index (χ2n) is 7.96. The first kappa shape index (κ1) is 19.0. The standard InChI is InChI=1S/C19H26BrN5O/c1-19(2,3)16(18(26)25-9-7-24(4)8-10-25)23-17-14-11-13(20)5-6-15(14)21-12-22-17/h5-6,11-12,16H,7-10H2,1-4H3,(H,21,22,23)/t16-/m1/s1. The number of fused-ring (bicyclic) bond motifs is 1. The van der Waals surface area contributed by atoms with Crippen LogP contribution in [-0.4, -0.2) is 64.9 Å². The van der Waals surface area contributed by atoms with Crippen LogP contribution in [0.1, 0.15) is 20.8 Å². The quantitative estimate of drug-likeness (QED) is 0.828. The van der Waals surface area contributed by atoms with Gasteiger partial charge in [0.15, 0.2) is 0 Å². The van der Waals surface area contributed by atoms with Crippen molar-refractivity contribution >= 4 is 38.6 Å². The van der Waals surface area contributed by atoms with Crippen LogP contribution >= 0.6 is 15.9 Å². The van der Waals surface area contributed by atoms with Crippen LogP contribution in [0.2, 0.25) is 0 Å². The Morgan fingerprint density at radius 2 is 1.88 bits per heavy atom. The maximum Gasteiger partial charge on any atom is 0.245 e. The Balaban J connectivity index is 1.90. The number of amides is 1. The van der Waals surface area contributed by atoms with E-state index in [4.69, 9.17) is 0 Å². The molecule has 6 nitrogen and oxygen atoms in total. The van der Waals surface area contributed by atoms with Gasteiger partial charge in [0.25, 0.3) is 0 Å². The molecule has 3 rings (SSSR count). The summed E-state index contributed by atoms with van der Waals surface area (Å²) in [6, 6.07) is 5.52. The number of rotatable bonds is 3. The number of hydrogen-bond acceptors (Lipinski definition) is 5. The number of anilines is 1. The molecule has 0 radical (unpaired) electrons. The summed E-state index contributed by atoms with van der Waals surface area (Å²) >= 11 is 3.51. The molecular formula is C19H26BrN5O. The summed E-state index contributed by atoms with van der Waals surface area (Å²) in [6.07, 6.45) is 1.54. The molecule has 0 unspecified atom stereocenters. The molecule has 1 N–H and O–H groups in total. The van der Waals surface area contributed by atoms with Crippen molar-refractivity contribution in [3.8, 4) is 0 Å². The molecule has 1 fully saturated rings. The molecule has 140 valence electrons. The van der Waals surface area contributed by atoms with E-state index >= 15 is 0 Å². The monoisotopic (exact) mass is 419 g/mol. The van der Waals surface area contributed by atoms with E-state index in [1.165, 1.54) is 0 Å². The SMILES string of the molecule is CN1CCN(C(=O)[C@@H](Nc2ncnc3ccc(Br)cc23)C(C)(C)C)CC1. The van der Waals surface area contributed by atoms with Crippen molar-refractivity contribution in [1.82, 2.24) is 19.8 Å². The number of nitrogens with zero attached hydrogens (tertiary/aromatic N) is 4. The van der Waals surface area contributed by atoms with Crippen molar-refractivity contribution in [2.45, 2.75) is 26.8 Å². The third-order valence-electron chi connectivity index (χ3n) is 4.81. The summed E-state index contributed by atoms with van der Waals surface area (Å²) in [5, 5.41) is 4.33. The molecule has 0 spiro atoms. The molecule has 1 aromatic heterocycles. The Morgan fingerprint density at radius 3 is 2.54 bits per heavy atom. The van der Waals surface area contributed by atoms with Gasteiger partial charge in [0.2, 0.25) is 5.91 Å². The van der Waals surface area contributed by atoms with E-state index in [1.807, 2.05) is 23.1 Å². The molecule has 26 heavy (non-hydrogen) atoms. The first-order valence-electron chi connectivity index (χ1n) is 8.90. The van der Waals surface area contributed by atoms with Crippen molar-refractivity contribution in [3.63, 3.8) is 0 Å². The van der Waals surface area contributed by atoms with E-state index in [-0.39, 0.29) is 17.4 Å². The molecule has 7 heteroatoms. The van der Waals surface area contributed by atoms with Crippen LogP contribution in [-0.2, 0) is 4.79 Å². The highest BCUT2D eigenvalue weighted by Gasteiger charge is 2.35. The highest BCUT2D eigenvalue weighted by Crippen LogP contribution is 2.29. The molecule has 0 aliphatic carbocycles. The van der Waals surface area contributed by atoms with E-state index in [2.05, 4.69) is 63.9 Å². The maximum atomic E-state index is 13.3. The molecule has 1 amide bonds. The van der Waals surface area contributed by atoms with E-state index in [0.717, 1.165) is 41.6 Å². The largest absolute Gasteiger partial charge is 0.357 e. The molecule has 1 saturated heterocycles. The summed E-state index contributed by atoms with van der Waals surface area (Å²) in [7, 11) is 2.09. The molecule has 0 bridgehead atoms. The number of likely N-dealkylation sites (N-methyl/N-ethyl adjacent to an activating group) is 1. The highest BCUT2D eigenvalue weighted by atomic mass is 79.9. The van der Waals surface area contributed by atoms with Crippen LogP contribution in [0.5, 0.6) is 0 Å². The average Bonchev–Trinajstić information content (AvgIpc) is 2.59. The third kappa shape index (κ3) is 4.15. The minimum absolute atomic E-state index is 0.132. The summed E-state index contributed by atoms with van der Waals surface area (Å²) in [5.41, 5.74) is 0.606. The first-order valence-corrected chi connectivity index (χ1v) is 9.69. The van der Waals surface area contributed by atoms with Gasteiger partial charge >= 0.3 is 0 Å². The lowest BCUT2D eigenvalue weighted by Gasteiger charge is -2.38. The lowest BCUT2D eigenvalue weighted by atomic mass is 9.85. The highest BCUT2D eigenvalue weighted by molar-refractivity contribution is 9.10. The van der Waals surface area contributed by atoms with E-state index < -0.39 is 0 Å². The van der Waals surface area contributed by atoms with Gasteiger partial charge in [0.05, 0.1) is 5.52 Å². The summed E-state index contributed by atoms with van der Waals surface area (Å²) in [6.45, 7) is 9.59. The number of hydrogen-bond donors (Lipinski definition) is 1. The van der Waals surface area contributed by atoms with Crippen LogP contribution in [0.4, 0.5) is 5.82 Å². The van der Waals surface area contributed by atoms with Gasteiger partial charge in [-0.3, -0.25) is 4.79 Å². The molecule has 1 aromatic carbocycles. The smallest absolute Gasteiger partial charge is 0.245 e. The second-order valence-corrected chi connectivity index (χ2v) is 8.87. The van der Waals surface area contributed by atoms with Gasteiger partial charge in [0, 0.05) is 36.0 Å². The van der Waals surface area contributed by atoms with Crippen molar-refractivity contribution in [1.29, 1.82) is 0 Å². The number of aromatic nitrogens is 2. The summed E-state index contributed by atoms with van der Waals surface area (Å²) in [4.78, 5) is 26.2. The van der Waals surface area contributed by atoms with E-state index in [0.29, 0.717) is 5.82 Å². The number of carbonyl (C=O) groups is 1. The van der Waals surface area contributed by atoms with E-state index in [9.17, 15) is 4.79 Å². The van der Waals surface area contributed by atoms with Gasteiger partial charge in [-0.25, -0.2) is 9.97 Å². The lowest BCUT2D eigenvalue weighted by Crippen LogP contribution is -2.55. The number of benzene rings is 1. The van der Waals surface area contributed by atoms with Crippen molar-refractivity contribution < 1.29 is 4.79 Å². The molecule has 1 aliphatic heterocycles. The van der Waals surface area contributed by atoms with Crippen molar-refractivity contribution in [2.75, 3.05) is 38.5 Å². The molecule has 0 saturated carbocycles. The maximum absolute atomic E-state index is 13.3. The molecule has 2 aromatic rings. The molecule has 1 atom stereocenters. The Kier molecular flexibility index (Phi) is 5.48. The summed E-state index contributed by atoms with van der Waals surface area (Å²) < 4.78 is 0.959. The van der Waals surface area contributed by atoms with Gasteiger partial charge < -0.3 is 15.1 Å². The summed E-state index contributed by atoms with van der Waals surface area (Å²) in [5.74, 6) is 0.825. The van der Waals surface area contributed by atoms with E-state index in [1.54, 1.807) is 6.33 Å². The van der Waals surface area contributed by atoms with Gasteiger partial charge in [-0.2, -0.15) is 0 Å². The van der Waals surface area contributed by atoms with Crippen LogP contribution in [0.3, 0.4) is 0 Å². The third-order valence-corrected chi connectivity index (χ3v) is 5.30. The Bertz CT molecular complexity index is 796. The topological polar surface area (TPSA) is 61.4 Å². The number of nitrogens with one attached hydrogen (secondary N) is 1. The fraction of sp³-hybridized carbons (Fsp3) is 0.526. The van der Waals surface area contributed by atoms with Gasteiger partial charge in [0.1, 0.15) is 18.2 Å². The number of piperazine rings is 1. The Morgan fingerprint density at radius 1 is 1.19 bits per heavy atom. The predicted octanol–water partition coefficient (Wildman–Crippen LogP) is 2.99. The predicted molar refractivity (Wildman–Crippen MR) is 108 cm³/mol. The van der Waals surface area contributed by atoms with Gasteiger partial charge in [-0.1, -0.05) is 36.7 Å². The number of carbonyl (C=O) groups excluding carboxylic acids is 1.